The van der Waals surface area contributed by atoms with Crippen molar-refractivity contribution >= 4 is 11.6 Å². The van der Waals surface area contributed by atoms with Crippen LogP contribution in [0.5, 0.6) is 11.5 Å². The molecule has 1 aliphatic rings. The van der Waals surface area contributed by atoms with Gasteiger partial charge in [0.1, 0.15) is 24.7 Å². The molecule has 0 aliphatic carbocycles. The molecule has 7 heteroatoms. The molecule has 3 heterocycles. The molecule has 0 amide bonds. The van der Waals surface area contributed by atoms with E-state index in [1.54, 1.807) is 35.2 Å². The zero-order valence-corrected chi connectivity index (χ0v) is 16.6. The lowest BCUT2D eigenvalue weighted by Crippen LogP contribution is -2.28. The van der Waals surface area contributed by atoms with Crippen LogP contribution in [0.15, 0.2) is 65.7 Å². The van der Waals surface area contributed by atoms with Gasteiger partial charge in [0.15, 0.2) is 0 Å². The third kappa shape index (κ3) is 5.16. The molecule has 0 spiro atoms. The quantitative estimate of drug-likeness (QED) is 0.643. The number of pyridine rings is 2. The van der Waals surface area contributed by atoms with E-state index in [-0.39, 0.29) is 12.2 Å². The summed E-state index contributed by atoms with van der Waals surface area (Å²) in [4.78, 5) is 16.7. The highest BCUT2D eigenvalue weighted by molar-refractivity contribution is 6.30. The number of hydrogen-bond donors (Lipinski definition) is 1. The fraction of sp³-hybridized carbons (Fsp3) is 0.273. The van der Waals surface area contributed by atoms with Crippen molar-refractivity contribution in [2.75, 3.05) is 13.2 Å². The first-order valence-corrected chi connectivity index (χ1v) is 9.98. The lowest BCUT2D eigenvalue weighted by molar-refractivity contribution is 0.277. The van der Waals surface area contributed by atoms with E-state index in [1.807, 2.05) is 24.3 Å². The van der Waals surface area contributed by atoms with E-state index in [4.69, 9.17) is 21.1 Å². The number of rotatable bonds is 7. The smallest absolute Gasteiger partial charge is 0.258 e. The zero-order chi connectivity index (χ0) is 20.1. The molecule has 29 heavy (non-hydrogen) atoms. The normalized spacial score (nSPS) is 16.0. The van der Waals surface area contributed by atoms with Crippen LogP contribution in [-0.2, 0) is 6.61 Å². The first-order valence-electron chi connectivity index (χ1n) is 9.60. The van der Waals surface area contributed by atoms with Gasteiger partial charge in [0.25, 0.3) is 5.56 Å². The highest BCUT2D eigenvalue weighted by Crippen LogP contribution is 2.17. The number of benzene rings is 1. The zero-order valence-electron chi connectivity index (χ0n) is 15.9. The second-order valence-corrected chi connectivity index (χ2v) is 7.36. The maximum atomic E-state index is 12.5. The van der Waals surface area contributed by atoms with Crippen LogP contribution in [-0.4, -0.2) is 28.7 Å². The van der Waals surface area contributed by atoms with Gasteiger partial charge in [-0.2, -0.15) is 0 Å². The van der Waals surface area contributed by atoms with Crippen molar-refractivity contribution in [3.05, 3.63) is 82.0 Å². The molecule has 6 nitrogen and oxygen atoms in total. The number of nitrogens with one attached hydrogen (secondary N) is 1. The summed E-state index contributed by atoms with van der Waals surface area (Å²) in [6.07, 6.45) is 5.61. The van der Waals surface area contributed by atoms with E-state index in [0.29, 0.717) is 23.4 Å². The molecule has 1 saturated heterocycles. The molecular weight excluding hydrogens is 390 g/mol. The second-order valence-electron chi connectivity index (χ2n) is 6.93. The van der Waals surface area contributed by atoms with Gasteiger partial charge in [0, 0.05) is 30.2 Å². The van der Waals surface area contributed by atoms with Crippen LogP contribution in [0.3, 0.4) is 0 Å². The average Bonchev–Trinajstić information content (AvgIpc) is 3.26. The Labute approximate surface area is 174 Å². The molecule has 150 valence electrons. The van der Waals surface area contributed by atoms with Crippen LogP contribution in [0.25, 0.3) is 5.69 Å². The summed E-state index contributed by atoms with van der Waals surface area (Å²) in [7, 11) is 0. The van der Waals surface area contributed by atoms with Gasteiger partial charge in [-0.05, 0) is 61.9 Å². The predicted octanol–water partition coefficient (Wildman–Crippen LogP) is 3.60. The Bertz CT molecular complexity index is 997. The summed E-state index contributed by atoms with van der Waals surface area (Å²) < 4.78 is 13.1. The van der Waals surface area contributed by atoms with Crippen molar-refractivity contribution < 1.29 is 9.47 Å². The minimum absolute atomic E-state index is 0.171. The number of hydrogen-bond acceptors (Lipinski definition) is 5. The molecule has 3 aromatic rings. The van der Waals surface area contributed by atoms with E-state index in [2.05, 4.69) is 10.3 Å². The van der Waals surface area contributed by atoms with Crippen LogP contribution >= 0.6 is 11.6 Å². The van der Waals surface area contributed by atoms with Crippen molar-refractivity contribution in [3.8, 4) is 17.2 Å². The molecule has 0 unspecified atom stereocenters. The SMILES string of the molecule is O=c1cc(OCc2ccc(Cl)cn2)ccn1-c1ccc(OC[C@H]2CCCN2)cc1. The van der Waals surface area contributed by atoms with Crippen LogP contribution in [0.4, 0.5) is 0 Å². The monoisotopic (exact) mass is 411 g/mol. The van der Waals surface area contributed by atoms with Crippen molar-refractivity contribution in [2.24, 2.45) is 0 Å². The molecule has 0 radical (unpaired) electrons. The Morgan fingerprint density at radius 3 is 2.66 bits per heavy atom. The van der Waals surface area contributed by atoms with Crippen molar-refractivity contribution in [1.82, 2.24) is 14.9 Å². The average molecular weight is 412 g/mol. The third-order valence-electron chi connectivity index (χ3n) is 4.79. The Kier molecular flexibility index (Phi) is 6.12. The molecule has 4 rings (SSSR count). The van der Waals surface area contributed by atoms with Gasteiger partial charge in [-0.15, -0.1) is 0 Å². The molecule has 0 bridgehead atoms. The Morgan fingerprint density at radius 1 is 1.10 bits per heavy atom. The lowest BCUT2D eigenvalue weighted by atomic mass is 10.2. The van der Waals surface area contributed by atoms with Gasteiger partial charge in [-0.3, -0.25) is 14.3 Å². The summed E-state index contributed by atoms with van der Waals surface area (Å²) >= 11 is 5.82. The van der Waals surface area contributed by atoms with Gasteiger partial charge < -0.3 is 14.8 Å². The number of aromatic nitrogens is 2. The molecule has 1 fully saturated rings. The minimum atomic E-state index is -0.171. The van der Waals surface area contributed by atoms with Gasteiger partial charge in [0.05, 0.1) is 10.7 Å². The van der Waals surface area contributed by atoms with Gasteiger partial charge >= 0.3 is 0 Å². The molecule has 2 aromatic heterocycles. The summed E-state index contributed by atoms with van der Waals surface area (Å²) in [5.74, 6) is 1.29. The fourth-order valence-corrected chi connectivity index (χ4v) is 3.32. The van der Waals surface area contributed by atoms with Crippen LogP contribution in [0, 0.1) is 0 Å². The standard InChI is InChI=1S/C22H22ClN3O3/c23-16-3-4-18(25-13-16)15-29-21-9-11-26(22(27)12-21)19-5-7-20(8-6-19)28-14-17-2-1-10-24-17/h3-9,11-13,17,24H,1-2,10,14-15H2/t17-/m1/s1. The van der Waals surface area contributed by atoms with Crippen LogP contribution < -0.4 is 20.3 Å². The Balaban J connectivity index is 1.38. The third-order valence-corrected chi connectivity index (χ3v) is 5.02. The predicted molar refractivity (Wildman–Crippen MR) is 112 cm³/mol. The highest BCUT2D eigenvalue weighted by atomic mass is 35.5. The van der Waals surface area contributed by atoms with E-state index < -0.39 is 0 Å². The first-order chi connectivity index (χ1) is 14.2. The number of ether oxygens (including phenoxy) is 2. The van der Waals surface area contributed by atoms with Crippen LogP contribution in [0.1, 0.15) is 18.5 Å². The van der Waals surface area contributed by atoms with Crippen molar-refractivity contribution in [3.63, 3.8) is 0 Å². The molecule has 1 aromatic carbocycles. The topological polar surface area (TPSA) is 65.4 Å². The Hall–Kier alpha value is -2.83. The number of nitrogens with zero attached hydrogens (tertiary/aromatic N) is 2. The van der Waals surface area contributed by atoms with E-state index in [1.165, 1.54) is 12.5 Å². The summed E-state index contributed by atoms with van der Waals surface area (Å²) in [6, 6.07) is 14.7. The molecule has 1 N–H and O–H groups in total. The summed E-state index contributed by atoms with van der Waals surface area (Å²) in [6.45, 7) is 1.99. The minimum Gasteiger partial charge on any atom is -0.492 e. The maximum absolute atomic E-state index is 12.5. The molecule has 0 saturated carbocycles. The van der Waals surface area contributed by atoms with E-state index in [0.717, 1.165) is 30.1 Å². The lowest BCUT2D eigenvalue weighted by Gasteiger charge is -2.13. The fourth-order valence-electron chi connectivity index (χ4n) is 3.21. The maximum Gasteiger partial charge on any atom is 0.258 e. The molecular formula is C22H22ClN3O3. The summed E-state index contributed by atoms with van der Waals surface area (Å²) in [5.41, 5.74) is 1.34. The highest BCUT2D eigenvalue weighted by Gasteiger charge is 2.14. The van der Waals surface area contributed by atoms with Crippen molar-refractivity contribution in [2.45, 2.75) is 25.5 Å². The van der Waals surface area contributed by atoms with Crippen LogP contribution in [0.2, 0.25) is 5.02 Å². The van der Waals surface area contributed by atoms with Gasteiger partial charge in [-0.25, -0.2) is 0 Å². The van der Waals surface area contributed by atoms with Gasteiger partial charge in [0.2, 0.25) is 0 Å². The van der Waals surface area contributed by atoms with E-state index in [9.17, 15) is 4.79 Å². The molecule has 1 atom stereocenters. The van der Waals surface area contributed by atoms with Crippen molar-refractivity contribution in [1.29, 1.82) is 0 Å². The van der Waals surface area contributed by atoms with E-state index >= 15 is 0 Å². The second kappa shape index (κ2) is 9.11. The largest absolute Gasteiger partial charge is 0.492 e. The Morgan fingerprint density at radius 2 is 1.97 bits per heavy atom. The first kappa shape index (κ1) is 19.5. The number of halogens is 1. The van der Waals surface area contributed by atoms with Gasteiger partial charge in [-0.1, -0.05) is 11.6 Å². The molecule has 1 aliphatic heterocycles. The summed E-state index contributed by atoms with van der Waals surface area (Å²) in [5, 5.41) is 3.98.